The Morgan fingerprint density at radius 2 is 1.63 bits per heavy atom. The van der Waals surface area contributed by atoms with Gasteiger partial charge in [0.1, 0.15) is 6.29 Å². The van der Waals surface area contributed by atoms with Gasteiger partial charge in [0, 0.05) is 32.9 Å². The van der Waals surface area contributed by atoms with Gasteiger partial charge >= 0.3 is 0 Å². The van der Waals surface area contributed by atoms with Crippen molar-refractivity contribution in [1.82, 2.24) is 4.57 Å². The van der Waals surface area contributed by atoms with Crippen LogP contribution in [0.2, 0.25) is 0 Å². The fraction of sp³-hybridized carbons (Fsp3) is 0.235. The van der Waals surface area contributed by atoms with E-state index in [1.165, 1.54) is 16.4 Å². The summed E-state index contributed by atoms with van der Waals surface area (Å²) < 4.78 is 2.34. The first-order chi connectivity index (χ1) is 9.02. The van der Waals surface area contributed by atoms with E-state index in [1.807, 2.05) is 24.3 Å². The van der Waals surface area contributed by atoms with E-state index in [4.69, 9.17) is 0 Å². The smallest absolute Gasteiger partial charge is 0.150 e. The minimum absolute atomic E-state index is 0.00402. The molecule has 3 aromatic rings. The molecule has 0 radical (unpaired) electrons. The van der Waals surface area contributed by atoms with Crippen molar-refractivity contribution in [2.24, 2.45) is 0 Å². The SMILES string of the molecule is CC(C)(C)n1c2ccccc2c2cc(C=O)ccc21. The number of fused-ring (bicyclic) bond motifs is 3. The largest absolute Gasteiger partial charge is 0.335 e. The molecule has 0 atom stereocenters. The zero-order valence-corrected chi connectivity index (χ0v) is 11.5. The van der Waals surface area contributed by atoms with Crippen molar-refractivity contribution in [3.63, 3.8) is 0 Å². The van der Waals surface area contributed by atoms with Gasteiger partial charge in [0.2, 0.25) is 0 Å². The van der Waals surface area contributed by atoms with Crippen molar-refractivity contribution in [1.29, 1.82) is 0 Å². The van der Waals surface area contributed by atoms with Crippen LogP contribution in [0.25, 0.3) is 21.8 Å². The number of rotatable bonds is 1. The molecule has 0 saturated carbocycles. The Hall–Kier alpha value is -2.09. The highest BCUT2D eigenvalue weighted by atomic mass is 16.1. The summed E-state index contributed by atoms with van der Waals surface area (Å²) >= 11 is 0. The maximum atomic E-state index is 11.0. The molecule has 96 valence electrons. The average Bonchev–Trinajstić information content (AvgIpc) is 2.72. The van der Waals surface area contributed by atoms with E-state index >= 15 is 0 Å². The van der Waals surface area contributed by atoms with Crippen LogP contribution in [0.3, 0.4) is 0 Å². The first-order valence-electron chi connectivity index (χ1n) is 6.51. The molecule has 0 bridgehead atoms. The lowest BCUT2D eigenvalue weighted by atomic mass is 10.1. The summed E-state index contributed by atoms with van der Waals surface area (Å²) in [6.07, 6.45) is 0.905. The van der Waals surface area contributed by atoms with Crippen LogP contribution in [-0.2, 0) is 5.54 Å². The van der Waals surface area contributed by atoms with Gasteiger partial charge in [-0.25, -0.2) is 0 Å². The lowest BCUT2D eigenvalue weighted by molar-refractivity contribution is 0.112. The highest BCUT2D eigenvalue weighted by Crippen LogP contribution is 2.34. The van der Waals surface area contributed by atoms with Crippen molar-refractivity contribution in [3.05, 3.63) is 48.0 Å². The number of carbonyl (C=O) groups excluding carboxylic acids is 1. The Morgan fingerprint density at radius 1 is 0.947 bits per heavy atom. The summed E-state index contributed by atoms with van der Waals surface area (Å²) in [5.74, 6) is 0. The van der Waals surface area contributed by atoms with Crippen molar-refractivity contribution in [2.75, 3.05) is 0 Å². The maximum Gasteiger partial charge on any atom is 0.150 e. The van der Waals surface area contributed by atoms with Gasteiger partial charge in [-0.05, 0) is 45.0 Å². The number of aldehydes is 1. The number of hydrogen-bond acceptors (Lipinski definition) is 1. The topological polar surface area (TPSA) is 22.0 Å². The zero-order valence-electron chi connectivity index (χ0n) is 11.5. The van der Waals surface area contributed by atoms with Gasteiger partial charge in [0.05, 0.1) is 0 Å². The summed E-state index contributed by atoms with van der Waals surface area (Å²) in [4.78, 5) is 11.0. The standard InChI is InChI=1S/C17H17NO/c1-17(2,3)18-15-7-5-4-6-13(15)14-10-12(11-19)8-9-16(14)18/h4-11H,1-3H3. The summed E-state index contributed by atoms with van der Waals surface area (Å²) in [5, 5.41) is 2.35. The van der Waals surface area contributed by atoms with Gasteiger partial charge in [-0.1, -0.05) is 18.2 Å². The third-order valence-electron chi connectivity index (χ3n) is 3.50. The van der Waals surface area contributed by atoms with Crippen LogP contribution in [0.15, 0.2) is 42.5 Å². The molecular weight excluding hydrogens is 234 g/mol. The molecule has 0 fully saturated rings. The number of aromatic nitrogens is 1. The highest BCUT2D eigenvalue weighted by Gasteiger charge is 2.20. The van der Waals surface area contributed by atoms with Gasteiger partial charge < -0.3 is 4.57 Å². The number of benzene rings is 2. The molecule has 0 saturated heterocycles. The third-order valence-corrected chi connectivity index (χ3v) is 3.50. The quantitative estimate of drug-likeness (QED) is 0.589. The van der Waals surface area contributed by atoms with E-state index in [-0.39, 0.29) is 5.54 Å². The Balaban J connectivity index is 2.55. The van der Waals surface area contributed by atoms with Gasteiger partial charge in [-0.3, -0.25) is 4.79 Å². The molecule has 2 aromatic carbocycles. The summed E-state index contributed by atoms with van der Waals surface area (Å²) in [6, 6.07) is 14.3. The van der Waals surface area contributed by atoms with Crippen LogP contribution in [0, 0.1) is 0 Å². The fourth-order valence-corrected chi connectivity index (χ4v) is 2.79. The average molecular weight is 251 g/mol. The first kappa shape index (κ1) is 12.0. The van der Waals surface area contributed by atoms with Crippen molar-refractivity contribution < 1.29 is 4.79 Å². The number of carbonyl (C=O) groups is 1. The molecular formula is C17H17NO. The van der Waals surface area contributed by atoms with E-state index in [2.05, 4.69) is 43.5 Å². The number of hydrogen-bond donors (Lipinski definition) is 0. The summed E-state index contributed by atoms with van der Waals surface area (Å²) in [6.45, 7) is 6.60. The van der Waals surface area contributed by atoms with Crippen molar-refractivity contribution in [3.8, 4) is 0 Å². The van der Waals surface area contributed by atoms with Gasteiger partial charge in [0.25, 0.3) is 0 Å². The summed E-state index contributed by atoms with van der Waals surface area (Å²) in [7, 11) is 0. The molecule has 0 amide bonds. The van der Waals surface area contributed by atoms with Crippen LogP contribution in [0.4, 0.5) is 0 Å². The van der Waals surface area contributed by atoms with E-state index in [0.29, 0.717) is 0 Å². The molecule has 0 spiro atoms. The Morgan fingerprint density at radius 3 is 2.32 bits per heavy atom. The van der Waals surface area contributed by atoms with Crippen LogP contribution in [-0.4, -0.2) is 10.9 Å². The molecule has 0 unspecified atom stereocenters. The molecule has 0 N–H and O–H groups in total. The highest BCUT2D eigenvalue weighted by molar-refractivity contribution is 6.09. The molecule has 2 heteroatoms. The molecule has 1 heterocycles. The zero-order chi connectivity index (χ0) is 13.6. The second-order valence-electron chi connectivity index (χ2n) is 5.92. The fourth-order valence-electron chi connectivity index (χ4n) is 2.79. The third kappa shape index (κ3) is 1.75. The van der Waals surface area contributed by atoms with E-state index in [1.54, 1.807) is 0 Å². The normalized spacial score (nSPS) is 12.2. The lowest BCUT2D eigenvalue weighted by Crippen LogP contribution is -2.21. The predicted octanol–water partition coefficient (Wildman–Crippen LogP) is 4.36. The summed E-state index contributed by atoms with van der Waals surface area (Å²) in [5.41, 5.74) is 3.13. The molecule has 1 aromatic heterocycles. The minimum Gasteiger partial charge on any atom is -0.335 e. The first-order valence-corrected chi connectivity index (χ1v) is 6.51. The molecule has 2 nitrogen and oxygen atoms in total. The van der Waals surface area contributed by atoms with Gasteiger partial charge in [-0.2, -0.15) is 0 Å². The second-order valence-corrected chi connectivity index (χ2v) is 5.92. The maximum absolute atomic E-state index is 11.0. The number of para-hydroxylation sites is 1. The lowest BCUT2D eigenvalue weighted by Gasteiger charge is -2.24. The van der Waals surface area contributed by atoms with Crippen LogP contribution < -0.4 is 0 Å². The molecule has 0 aliphatic carbocycles. The van der Waals surface area contributed by atoms with Crippen molar-refractivity contribution in [2.45, 2.75) is 26.3 Å². The molecule has 0 aliphatic heterocycles. The van der Waals surface area contributed by atoms with E-state index in [0.717, 1.165) is 17.2 Å². The monoisotopic (exact) mass is 251 g/mol. The van der Waals surface area contributed by atoms with Crippen molar-refractivity contribution >= 4 is 28.1 Å². The van der Waals surface area contributed by atoms with Gasteiger partial charge in [-0.15, -0.1) is 0 Å². The van der Waals surface area contributed by atoms with E-state index < -0.39 is 0 Å². The molecule has 0 aliphatic rings. The molecule has 19 heavy (non-hydrogen) atoms. The number of nitrogens with zero attached hydrogens (tertiary/aromatic N) is 1. The predicted molar refractivity (Wildman–Crippen MR) is 79.8 cm³/mol. The van der Waals surface area contributed by atoms with Crippen LogP contribution >= 0.6 is 0 Å². The van der Waals surface area contributed by atoms with Crippen LogP contribution in [0.1, 0.15) is 31.1 Å². The molecule has 3 rings (SSSR count). The van der Waals surface area contributed by atoms with Gasteiger partial charge in [0.15, 0.2) is 0 Å². The minimum atomic E-state index is 0.00402. The second kappa shape index (κ2) is 3.95. The van der Waals surface area contributed by atoms with E-state index in [9.17, 15) is 4.79 Å². The Kier molecular flexibility index (Phi) is 2.49. The Labute approximate surface area is 112 Å². The van der Waals surface area contributed by atoms with Crippen LogP contribution in [0.5, 0.6) is 0 Å². The Bertz CT molecular complexity index is 775.